The highest BCUT2D eigenvalue weighted by Gasteiger charge is 2.42. The van der Waals surface area contributed by atoms with E-state index in [0.29, 0.717) is 22.9 Å². The van der Waals surface area contributed by atoms with Gasteiger partial charge in [0.15, 0.2) is 17.2 Å². The second kappa shape index (κ2) is 7.78. The molecular weight excluding hydrogens is 413 g/mol. The molecule has 5 rings (SSSR count). The van der Waals surface area contributed by atoms with Gasteiger partial charge in [0, 0.05) is 36.4 Å². The van der Waals surface area contributed by atoms with Gasteiger partial charge in [0.25, 0.3) is 11.7 Å². The van der Waals surface area contributed by atoms with Crippen LogP contribution in [0.5, 0.6) is 11.5 Å². The SMILES string of the molecule is Cc1cc(=O)c(C(=O)Nc2ccc3c(c2)OC2(CCCCC2)O3)nn1-c1ccccc1F. The molecule has 1 aliphatic heterocycles. The lowest BCUT2D eigenvalue weighted by molar-refractivity contribution is -0.105. The maximum absolute atomic E-state index is 14.2. The fraction of sp³-hybridized carbons (Fsp3) is 0.292. The van der Waals surface area contributed by atoms with Gasteiger partial charge in [0.1, 0.15) is 11.5 Å². The Morgan fingerprint density at radius 3 is 2.59 bits per heavy atom. The number of aromatic nitrogens is 2. The summed E-state index contributed by atoms with van der Waals surface area (Å²) in [6, 6.07) is 12.4. The molecule has 2 aliphatic rings. The van der Waals surface area contributed by atoms with E-state index in [1.54, 1.807) is 37.3 Å². The van der Waals surface area contributed by atoms with Gasteiger partial charge >= 0.3 is 0 Å². The van der Waals surface area contributed by atoms with E-state index in [9.17, 15) is 14.0 Å². The van der Waals surface area contributed by atoms with Gasteiger partial charge in [0.2, 0.25) is 5.43 Å². The molecule has 1 saturated carbocycles. The van der Waals surface area contributed by atoms with E-state index in [4.69, 9.17) is 9.47 Å². The van der Waals surface area contributed by atoms with Crippen molar-refractivity contribution < 1.29 is 18.7 Å². The quantitative estimate of drug-likeness (QED) is 0.661. The fourth-order valence-electron chi connectivity index (χ4n) is 4.23. The van der Waals surface area contributed by atoms with Crippen molar-refractivity contribution in [2.75, 3.05) is 5.32 Å². The van der Waals surface area contributed by atoms with Crippen LogP contribution in [0.15, 0.2) is 53.3 Å². The van der Waals surface area contributed by atoms with E-state index in [2.05, 4.69) is 10.4 Å². The molecule has 1 aromatic heterocycles. The number of rotatable bonds is 3. The normalized spacial score (nSPS) is 16.2. The smallest absolute Gasteiger partial charge is 0.280 e. The third-order valence-electron chi connectivity index (χ3n) is 5.81. The Bertz CT molecular complexity index is 1260. The van der Waals surface area contributed by atoms with Crippen LogP contribution in [0.25, 0.3) is 5.69 Å². The predicted octanol–water partition coefficient (Wildman–Crippen LogP) is 4.36. The van der Waals surface area contributed by atoms with Crippen molar-refractivity contribution in [3.63, 3.8) is 0 Å². The molecule has 0 saturated heterocycles. The monoisotopic (exact) mass is 435 g/mol. The number of fused-ring (bicyclic) bond motifs is 1. The molecule has 1 aliphatic carbocycles. The Morgan fingerprint density at radius 1 is 1.06 bits per heavy atom. The van der Waals surface area contributed by atoms with Gasteiger partial charge < -0.3 is 14.8 Å². The summed E-state index contributed by atoms with van der Waals surface area (Å²) in [4.78, 5) is 25.3. The molecule has 164 valence electrons. The van der Waals surface area contributed by atoms with Crippen molar-refractivity contribution in [3.8, 4) is 17.2 Å². The Labute approximate surface area is 183 Å². The van der Waals surface area contributed by atoms with E-state index >= 15 is 0 Å². The molecule has 1 spiro atoms. The van der Waals surface area contributed by atoms with Crippen LogP contribution in [0.4, 0.5) is 10.1 Å². The lowest BCUT2D eigenvalue weighted by Gasteiger charge is -2.31. The molecule has 7 nitrogen and oxygen atoms in total. The van der Waals surface area contributed by atoms with Crippen molar-refractivity contribution in [2.24, 2.45) is 0 Å². The molecular formula is C24H22FN3O4. The number of nitrogens with zero attached hydrogens (tertiary/aromatic N) is 2. The Hall–Kier alpha value is -3.68. The molecule has 1 N–H and O–H groups in total. The summed E-state index contributed by atoms with van der Waals surface area (Å²) in [5.41, 5.74) is 0.136. The van der Waals surface area contributed by atoms with E-state index < -0.39 is 22.9 Å². The topological polar surface area (TPSA) is 82.5 Å². The van der Waals surface area contributed by atoms with Crippen LogP contribution in [-0.2, 0) is 0 Å². The number of hydrogen-bond acceptors (Lipinski definition) is 5. The van der Waals surface area contributed by atoms with Crippen molar-refractivity contribution in [1.82, 2.24) is 9.78 Å². The highest BCUT2D eigenvalue weighted by Crippen LogP contribution is 2.46. The van der Waals surface area contributed by atoms with Crippen molar-refractivity contribution in [1.29, 1.82) is 0 Å². The second-order valence-corrected chi connectivity index (χ2v) is 8.15. The van der Waals surface area contributed by atoms with Gasteiger partial charge in [-0.2, -0.15) is 5.10 Å². The highest BCUT2D eigenvalue weighted by molar-refractivity contribution is 6.02. The van der Waals surface area contributed by atoms with Gasteiger partial charge in [-0.25, -0.2) is 9.07 Å². The fourth-order valence-corrected chi connectivity index (χ4v) is 4.23. The van der Waals surface area contributed by atoms with E-state index in [1.807, 2.05) is 0 Å². The standard InChI is InChI=1S/C24H22FN3O4/c1-15-13-19(29)22(27-28(15)18-8-4-3-7-17(18)25)23(30)26-16-9-10-20-21(14-16)32-24(31-20)11-5-2-6-12-24/h3-4,7-10,13-14H,2,5-6,11-12H2,1H3,(H,26,30). The summed E-state index contributed by atoms with van der Waals surface area (Å²) < 4.78 is 27.6. The first-order valence-electron chi connectivity index (χ1n) is 10.6. The molecule has 1 fully saturated rings. The molecule has 32 heavy (non-hydrogen) atoms. The first-order valence-corrected chi connectivity index (χ1v) is 10.6. The van der Waals surface area contributed by atoms with Gasteiger partial charge in [0.05, 0.1) is 0 Å². The average molecular weight is 435 g/mol. The summed E-state index contributed by atoms with van der Waals surface area (Å²) in [6.45, 7) is 1.63. The third-order valence-corrected chi connectivity index (χ3v) is 5.81. The second-order valence-electron chi connectivity index (χ2n) is 8.15. The molecule has 3 aromatic rings. The van der Waals surface area contributed by atoms with Crippen molar-refractivity contribution >= 4 is 11.6 Å². The Morgan fingerprint density at radius 2 is 1.81 bits per heavy atom. The van der Waals surface area contributed by atoms with E-state index in [1.165, 1.54) is 29.3 Å². The maximum Gasteiger partial charge on any atom is 0.280 e. The van der Waals surface area contributed by atoms with Crippen LogP contribution in [0.2, 0.25) is 0 Å². The van der Waals surface area contributed by atoms with Crippen molar-refractivity contribution in [2.45, 2.75) is 44.8 Å². The lowest BCUT2D eigenvalue weighted by atomic mass is 9.94. The summed E-state index contributed by atoms with van der Waals surface area (Å²) in [7, 11) is 0. The van der Waals surface area contributed by atoms with Crippen LogP contribution in [0, 0.1) is 12.7 Å². The molecule has 2 aromatic carbocycles. The minimum Gasteiger partial charge on any atom is -0.448 e. The largest absolute Gasteiger partial charge is 0.448 e. The highest BCUT2D eigenvalue weighted by atomic mass is 19.1. The molecule has 0 radical (unpaired) electrons. The number of halogens is 1. The minimum atomic E-state index is -0.689. The molecule has 2 heterocycles. The number of ether oxygens (including phenoxy) is 2. The van der Waals surface area contributed by atoms with Crippen LogP contribution in [0.3, 0.4) is 0 Å². The summed E-state index contributed by atoms with van der Waals surface area (Å²) in [5.74, 6) is -0.614. The van der Waals surface area contributed by atoms with Gasteiger partial charge in [-0.15, -0.1) is 0 Å². The summed E-state index contributed by atoms with van der Waals surface area (Å²) in [6.07, 6.45) is 4.91. The number of benzene rings is 2. The zero-order valence-electron chi connectivity index (χ0n) is 17.6. The Kier molecular flexibility index (Phi) is 4.92. The summed E-state index contributed by atoms with van der Waals surface area (Å²) in [5, 5.41) is 6.82. The number of aryl methyl sites for hydroxylation is 1. The van der Waals surface area contributed by atoms with Gasteiger partial charge in [-0.3, -0.25) is 9.59 Å². The molecule has 0 bridgehead atoms. The van der Waals surface area contributed by atoms with Crippen LogP contribution in [-0.4, -0.2) is 21.5 Å². The van der Waals surface area contributed by atoms with E-state index in [0.717, 1.165) is 25.7 Å². The molecule has 1 amide bonds. The number of carbonyl (C=O) groups excluding carboxylic acids is 1. The zero-order valence-corrected chi connectivity index (χ0v) is 17.6. The third kappa shape index (κ3) is 3.62. The van der Waals surface area contributed by atoms with Crippen LogP contribution < -0.4 is 20.2 Å². The number of para-hydroxylation sites is 1. The molecule has 0 unspecified atom stereocenters. The van der Waals surface area contributed by atoms with Gasteiger partial charge in [-0.1, -0.05) is 18.6 Å². The number of carbonyl (C=O) groups is 1. The van der Waals surface area contributed by atoms with Crippen LogP contribution >= 0.6 is 0 Å². The van der Waals surface area contributed by atoms with Gasteiger partial charge in [-0.05, 0) is 44.0 Å². The number of nitrogens with one attached hydrogen (secondary N) is 1. The first-order chi connectivity index (χ1) is 15.4. The van der Waals surface area contributed by atoms with E-state index in [-0.39, 0.29) is 11.4 Å². The van der Waals surface area contributed by atoms with Crippen LogP contribution in [0.1, 0.15) is 48.3 Å². The zero-order chi connectivity index (χ0) is 22.3. The lowest BCUT2D eigenvalue weighted by Crippen LogP contribution is -2.40. The maximum atomic E-state index is 14.2. The predicted molar refractivity (Wildman–Crippen MR) is 116 cm³/mol. The molecule has 8 heteroatoms. The minimum absolute atomic E-state index is 0.153. The molecule has 0 atom stereocenters. The Balaban J connectivity index is 1.41. The number of hydrogen-bond donors (Lipinski definition) is 1. The number of anilines is 1. The number of amides is 1. The summed E-state index contributed by atoms with van der Waals surface area (Å²) >= 11 is 0. The van der Waals surface area contributed by atoms with Crippen molar-refractivity contribution in [3.05, 3.63) is 76.0 Å². The average Bonchev–Trinajstić information content (AvgIpc) is 3.11. The first kappa shape index (κ1) is 20.2.